The quantitative estimate of drug-likeness (QED) is 0.835. The van der Waals surface area contributed by atoms with Crippen LogP contribution in [0.2, 0.25) is 0 Å². The molecule has 0 atom stereocenters. The summed E-state index contributed by atoms with van der Waals surface area (Å²) < 4.78 is 0.752. The van der Waals surface area contributed by atoms with E-state index in [4.69, 9.17) is 0 Å². The zero-order valence-corrected chi connectivity index (χ0v) is 13.4. The number of phenolic OH excluding ortho intramolecular Hbond substituents is 1. The number of aromatic hydroxyl groups is 1. The predicted octanol–water partition coefficient (Wildman–Crippen LogP) is 0.659. The summed E-state index contributed by atoms with van der Waals surface area (Å²) in [7, 11) is 1.61. The van der Waals surface area contributed by atoms with Crippen LogP contribution in [0.25, 0.3) is 0 Å². The molecule has 114 valence electrons. The summed E-state index contributed by atoms with van der Waals surface area (Å²) in [5, 5.41) is 12.4. The summed E-state index contributed by atoms with van der Waals surface area (Å²) in [5.41, 5.74) is 0.295. The summed E-state index contributed by atoms with van der Waals surface area (Å²) in [6, 6.07) is 4.81. The van der Waals surface area contributed by atoms with Crippen molar-refractivity contribution < 1.29 is 14.7 Å². The van der Waals surface area contributed by atoms with E-state index in [1.54, 1.807) is 24.1 Å². The van der Waals surface area contributed by atoms with Gasteiger partial charge in [0.15, 0.2) is 0 Å². The van der Waals surface area contributed by atoms with Gasteiger partial charge in [-0.25, -0.2) is 0 Å². The topological polar surface area (TPSA) is 72.9 Å². The Morgan fingerprint density at radius 1 is 1.29 bits per heavy atom. The van der Waals surface area contributed by atoms with Gasteiger partial charge in [0.1, 0.15) is 5.75 Å². The zero-order valence-electron chi connectivity index (χ0n) is 11.8. The molecular weight excluding hydrogens is 338 g/mol. The van der Waals surface area contributed by atoms with Crippen molar-refractivity contribution in [2.24, 2.45) is 0 Å². The van der Waals surface area contributed by atoms with Gasteiger partial charge in [0.2, 0.25) is 5.91 Å². The van der Waals surface area contributed by atoms with Gasteiger partial charge in [0, 0.05) is 37.7 Å². The van der Waals surface area contributed by atoms with Crippen molar-refractivity contribution in [3.8, 4) is 5.75 Å². The second kappa shape index (κ2) is 6.91. The highest BCUT2D eigenvalue weighted by Crippen LogP contribution is 2.23. The lowest BCUT2D eigenvalue weighted by Crippen LogP contribution is -2.50. The molecule has 1 aromatic carbocycles. The third-order valence-electron chi connectivity index (χ3n) is 3.49. The predicted molar refractivity (Wildman–Crippen MR) is 82.2 cm³/mol. The monoisotopic (exact) mass is 355 g/mol. The fourth-order valence-corrected chi connectivity index (χ4v) is 2.60. The van der Waals surface area contributed by atoms with Gasteiger partial charge >= 0.3 is 0 Å². The van der Waals surface area contributed by atoms with Crippen LogP contribution in [-0.2, 0) is 4.79 Å². The minimum atomic E-state index is -0.187. The molecule has 0 spiro atoms. The fourth-order valence-electron chi connectivity index (χ4n) is 2.24. The van der Waals surface area contributed by atoms with Crippen LogP contribution >= 0.6 is 15.9 Å². The smallest absolute Gasteiger partial charge is 0.257 e. The highest BCUT2D eigenvalue weighted by Gasteiger charge is 2.24. The molecule has 1 fully saturated rings. The first-order chi connectivity index (χ1) is 10.0. The van der Waals surface area contributed by atoms with Gasteiger partial charge in [0.05, 0.1) is 12.1 Å². The van der Waals surface area contributed by atoms with Crippen LogP contribution < -0.4 is 5.32 Å². The maximum atomic E-state index is 12.4. The number of halogens is 1. The first kappa shape index (κ1) is 15.8. The average Bonchev–Trinajstić information content (AvgIpc) is 2.49. The van der Waals surface area contributed by atoms with Crippen LogP contribution in [0.5, 0.6) is 5.75 Å². The molecule has 0 saturated carbocycles. The van der Waals surface area contributed by atoms with E-state index in [1.807, 2.05) is 4.90 Å². The van der Waals surface area contributed by atoms with Gasteiger partial charge < -0.3 is 15.3 Å². The van der Waals surface area contributed by atoms with Gasteiger partial charge in [-0.15, -0.1) is 0 Å². The first-order valence-corrected chi connectivity index (χ1v) is 7.51. The summed E-state index contributed by atoms with van der Waals surface area (Å²) >= 11 is 3.30. The number of hydrogen-bond donors (Lipinski definition) is 2. The van der Waals surface area contributed by atoms with Gasteiger partial charge in [-0.3, -0.25) is 14.5 Å². The molecule has 1 heterocycles. The Morgan fingerprint density at radius 2 is 1.95 bits per heavy atom. The number of hydrogen-bond acceptors (Lipinski definition) is 4. The van der Waals surface area contributed by atoms with Crippen molar-refractivity contribution in [2.45, 2.75) is 0 Å². The van der Waals surface area contributed by atoms with Crippen molar-refractivity contribution in [2.75, 3.05) is 39.8 Å². The standard InChI is InChI=1S/C14H18BrN3O3/c1-16-13(20)9-17-4-6-18(7-5-17)14(21)11-8-10(15)2-3-12(11)19/h2-3,8,19H,4-7,9H2,1H3,(H,16,20). The van der Waals surface area contributed by atoms with E-state index in [0.717, 1.165) is 4.47 Å². The molecule has 2 rings (SSSR count). The minimum absolute atomic E-state index is 0.0176. The summed E-state index contributed by atoms with van der Waals surface area (Å²) in [5.74, 6) is -0.233. The van der Waals surface area contributed by atoms with E-state index in [2.05, 4.69) is 21.2 Å². The van der Waals surface area contributed by atoms with E-state index in [0.29, 0.717) is 38.3 Å². The van der Waals surface area contributed by atoms with Crippen molar-refractivity contribution in [3.05, 3.63) is 28.2 Å². The zero-order chi connectivity index (χ0) is 15.4. The third kappa shape index (κ3) is 3.95. The lowest BCUT2D eigenvalue weighted by Gasteiger charge is -2.34. The third-order valence-corrected chi connectivity index (χ3v) is 3.99. The molecule has 1 saturated heterocycles. The lowest BCUT2D eigenvalue weighted by atomic mass is 10.1. The highest BCUT2D eigenvalue weighted by atomic mass is 79.9. The van der Waals surface area contributed by atoms with E-state index < -0.39 is 0 Å². The second-order valence-corrected chi connectivity index (χ2v) is 5.82. The van der Waals surface area contributed by atoms with Crippen molar-refractivity contribution in [1.82, 2.24) is 15.1 Å². The number of rotatable bonds is 3. The maximum Gasteiger partial charge on any atom is 0.257 e. The van der Waals surface area contributed by atoms with Crippen molar-refractivity contribution in [3.63, 3.8) is 0 Å². The molecular formula is C14H18BrN3O3. The number of carbonyl (C=O) groups is 2. The average molecular weight is 356 g/mol. The van der Waals surface area contributed by atoms with Crippen LogP contribution in [0.1, 0.15) is 10.4 Å². The van der Waals surface area contributed by atoms with Gasteiger partial charge in [-0.2, -0.15) is 0 Å². The van der Waals surface area contributed by atoms with Crippen molar-refractivity contribution in [1.29, 1.82) is 0 Å². The number of nitrogens with one attached hydrogen (secondary N) is 1. The van der Waals surface area contributed by atoms with E-state index >= 15 is 0 Å². The van der Waals surface area contributed by atoms with E-state index in [1.165, 1.54) is 6.07 Å². The Balaban J connectivity index is 1.97. The number of benzene rings is 1. The SMILES string of the molecule is CNC(=O)CN1CCN(C(=O)c2cc(Br)ccc2O)CC1. The van der Waals surface area contributed by atoms with Crippen LogP contribution in [0, 0.1) is 0 Å². The molecule has 2 N–H and O–H groups in total. The first-order valence-electron chi connectivity index (χ1n) is 6.72. The molecule has 0 radical (unpaired) electrons. The summed E-state index contributed by atoms with van der Waals surface area (Å²) in [4.78, 5) is 27.4. The normalized spacial score (nSPS) is 15.8. The molecule has 2 amide bonds. The highest BCUT2D eigenvalue weighted by molar-refractivity contribution is 9.10. The van der Waals surface area contributed by atoms with Gasteiger partial charge in [0.25, 0.3) is 5.91 Å². The van der Waals surface area contributed by atoms with Gasteiger partial charge in [-0.1, -0.05) is 15.9 Å². The summed E-state index contributed by atoms with van der Waals surface area (Å²) in [6.45, 7) is 2.73. The van der Waals surface area contributed by atoms with E-state index in [-0.39, 0.29) is 17.6 Å². The minimum Gasteiger partial charge on any atom is -0.507 e. The Hall–Kier alpha value is -1.60. The largest absolute Gasteiger partial charge is 0.507 e. The van der Waals surface area contributed by atoms with Crippen LogP contribution in [0.4, 0.5) is 0 Å². The molecule has 1 aliphatic heterocycles. The molecule has 0 aromatic heterocycles. The molecule has 7 heteroatoms. The van der Waals surface area contributed by atoms with Crippen molar-refractivity contribution >= 4 is 27.7 Å². The fraction of sp³-hybridized carbons (Fsp3) is 0.429. The number of amides is 2. The Kier molecular flexibility index (Phi) is 5.19. The maximum absolute atomic E-state index is 12.4. The molecule has 21 heavy (non-hydrogen) atoms. The molecule has 0 bridgehead atoms. The van der Waals surface area contributed by atoms with Crippen LogP contribution in [0.3, 0.4) is 0 Å². The summed E-state index contributed by atoms with van der Waals surface area (Å²) in [6.07, 6.45) is 0. The van der Waals surface area contributed by atoms with Gasteiger partial charge in [-0.05, 0) is 18.2 Å². The Morgan fingerprint density at radius 3 is 2.57 bits per heavy atom. The number of phenols is 1. The second-order valence-electron chi connectivity index (χ2n) is 4.90. The van der Waals surface area contributed by atoms with Crippen LogP contribution in [-0.4, -0.2) is 66.5 Å². The van der Waals surface area contributed by atoms with E-state index in [9.17, 15) is 14.7 Å². The molecule has 0 unspecified atom stereocenters. The number of carbonyl (C=O) groups excluding carboxylic acids is 2. The molecule has 1 aromatic rings. The number of likely N-dealkylation sites (N-methyl/N-ethyl adjacent to an activating group) is 1. The lowest BCUT2D eigenvalue weighted by molar-refractivity contribution is -0.122. The molecule has 0 aliphatic carbocycles. The number of nitrogens with zero attached hydrogens (tertiary/aromatic N) is 2. The molecule has 1 aliphatic rings. The number of piperazine rings is 1. The Labute approximate surface area is 131 Å². The Bertz CT molecular complexity index is 542. The van der Waals surface area contributed by atoms with Crippen LogP contribution in [0.15, 0.2) is 22.7 Å². The molecule has 6 nitrogen and oxygen atoms in total.